The first kappa shape index (κ1) is 13.1. The Labute approximate surface area is 109 Å². The van der Waals surface area contributed by atoms with Crippen LogP contribution in [0.2, 0.25) is 0 Å². The van der Waals surface area contributed by atoms with E-state index in [9.17, 15) is 4.79 Å². The number of likely N-dealkylation sites (N-methyl/N-ethyl adjacent to an activating group) is 1. The molecule has 4 heteroatoms. The number of amides is 1. The van der Waals surface area contributed by atoms with Gasteiger partial charge >= 0.3 is 0 Å². The maximum Gasteiger partial charge on any atom is 0.239 e. The molecule has 0 radical (unpaired) electrons. The molecule has 4 nitrogen and oxygen atoms in total. The van der Waals surface area contributed by atoms with Gasteiger partial charge in [-0.25, -0.2) is 0 Å². The lowest BCUT2D eigenvalue weighted by atomic mass is 9.91. The smallest absolute Gasteiger partial charge is 0.239 e. The molecule has 1 aliphatic rings. The van der Waals surface area contributed by atoms with Crippen LogP contribution in [0.1, 0.15) is 43.4 Å². The van der Waals surface area contributed by atoms with Gasteiger partial charge in [-0.1, -0.05) is 6.92 Å². The Balaban J connectivity index is 2.10. The van der Waals surface area contributed by atoms with Gasteiger partial charge in [-0.15, -0.1) is 0 Å². The fourth-order valence-electron chi connectivity index (χ4n) is 2.62. The highest BCUT2D eigenvalue weighted by Gasteiger charge is 2.21. The van der Waals surface area contributed by atoms with Gasteiger partial charge in [-0.3, -0.25) is 4.79 Å². The quantitative estimate of drug-likeness (QED) is 0.833. The molecular weight excluding hydrogens is 226 g/mol. The van der Waals surface area contributed by atoms with E-state index in [1.54, 1.807) is 7.05 Å². The van der Waals surface area contributed by atoms with Crippen molar-refractivity contribution < 1.29 is 4.79 Å². The lowest BCUT2D eigenvalue weighted by Gasteiger charge is -2.23. The van der Waals surface area contributed by atoms with Crippen LogP contribution < -0.4 is 10.6 Å². The first-order valence-electron chi connectivity index (χ1n) is 6.87. The number of carbonyl (C=O) groups is 1. The van der Waals surface area contributed by atoms with E-state index in [1.807, 2.05) is 4.57 Å². The SMILES string of the molecule is CCCNC1CCCc2cn(CC(=O)NC)cc21. The number of nitrogens with zero attached hydrogens (tertiary/aromatic N) is 1. The predicted molar refractivity (Wildman–Crippen MR) is 72.5 cm³/mol. The second-order valence-corrected chi connectivity index (χ2v) is 4.98. The molecule has 0 saturated carbocycles. The van der Waals surface area contributed by atoms with Crippen molar-refractivity contribution in [1.82, 2.24) is 15.2 Å². The van der Waals surface area contributed by atoms with E-state index in [4.69, 9.17) is 0 Å². The number of nitrogens with one attached hydrogen (secondary N) is 2. The maximum atomic E-state index is 11.4. The minimum Gasteiger partial charge on any atom is -0.358 e. The molecule has 100 valence electrons. The van der Waals surface area contributed by atoms with Crippen LogP contribution in [0.15, 0.2) is 12.4 Å². The number of rotatable bonds is 5. The number of aromatic nitrogens is 1. The summed E-state index contributed by atoms with van der Waals surface area (Å²) in [7, 11) is 1.68. The predicted octanol–water partition coefficient (Wildman–Crippen LogP) is 1.61. The van der Waals surface area contributed by atoms with Crippen molar-refractivity contribution in [3.63, 3.8) is 0 Å². The lowest BCUT2D eigenvalue weighted by Crippen LogP contribution is -2.25. The molecule has 18 heavy (non-hydrogen) atoms. The summed E-state index contributed by atoms with van der Waals surface area (Å²) in [6, 6.07) is 0.472. The van der Waals surface area contributed by atoms with Crippen molar-refractivity contribution in [3.8, 4) is 0 Å². The Hall–Kier alpha value is -1.29. The number of hydrogen-bond acceptors (Lipinski definition) is 2. The Morgan fingerprint density at radius 2 is 2.33 bits per heavy atom. The van der Waals surface area contributed by atoms with Crippen molar-refractivity contribution >= 4 is 5.91 Å². The van der Waals surface area contributed by atoms with Crippen LogP contribution in [0.4, 0.5) is 0 Å². The zero-order valence-corrected chi connectivity index (χ0v) is 11.3. The maximum absolute atomic E-state index is 11.4. The Bertz CT molecular complexity index is 411. The molecule has 1 unspecified atom stereocenters. The van der Waals surface area contributed by atoms with Gasteiger partial charge in [0.1, 0.15) is 6.54 Å². The summed E-state index contributed by atoms with van der Waals surface area (Å²) in [6.07, 6.45) is 9.00. The van der Waals surface area contributed by atoms with Crippen LogP contribution in [0.25, 0.3) is 0 Å². The van der Waals surface area contributed by atoms with Crippen molar-refractivity contribution in [2.75, 3.05) is 13.6 Å². The number of fused-ring (bicyclic) bond motifs is 1. The van der Waals surface area contributed by atoms with Gasteiger partial charge in [0.2, 0.25) is 5.91 Å². The van der Waals surface area contributed by atoms with E-state index in [1.165, 1.54) is 24.0 Å². The molecule has 1 aliphatic carbocycles. The molecule has 0 saturated heterocycles. The highest BCUT2D eigenvalue weighted by atomic mass is 16.1. The molecule has 0 bridgehead atoms. The van der Waals surface area contributed by atoms with Gasteiger partial charge < -0.3 is 15.2 Å². The standard InChI is InChI=1S/C14H23N3O/c1-3-7-16-13-6-4-5-11-8-17(9-12(11)13)10-14(18)15-2/h8-9,13,16H,3-7,10H2,1-2H3,(H,15,18). The monoisotopic (exact) mass is 249 g/mol. The normalized spacial score (nSPS) is 18.4. The molecule has 2 rings (SSSR count). The van der Waals surface area contributed by atoms with Crippen LogP contribution >= 0.6 is 0 Å². The minimum atomic E-state index is 0.0559. The molecule has 0 fully saturated rings. The van der Waals surface area contributed by atoms with Gasteiger partial charge in [0, 0.05) is 25.5 Å². The van der Waals surface area contributed by atoms with Gasteiger partial charge in [-0.05, 0) is 43.4 Å². The van der Waals surface area contributed by atoms with Crippen LogP contribution in [0.3, 0.4) is 0 Å². The Morgan fingerprint density at radius 3 is 3.06 bits per heavy atom. The summed E-state index contributed by atoms with van der Waals surface area (Å²) in [5, 5.41) is 6.26. The summed E-state index contributed by atoms with van der Waals surface area (Å²) in [4.78, 5) is 11.4. The fraction of sp³-hybridized carbons (Fsp3) is 0.643. The lowest BCUT2D eigenvalue weighted by molar-refractivity contribution is -0.121. The van der Waals surface area contributed by atoms with Gasteiger partial charge in [-0.2, -0.15) is 0 Å². The van der Waals surface area contributed by atoms with Crippen molar-refractivity contribution in [3.05, 3.63) is 23.5 Å². The highest BCUT2D eigenvalue weighted by Crippen LogP contribution is 2.30. The number of hydrogen-bond donors (Lipinski definition) is 2. The van der Waals surface area contributed by atoms with Crippen molar-refractivity contribution in [1.29, 1.82) is 0 Å². The average molecular weight is 249 g/mol. The number of aryl methyl sites for hydroxylation is 1. The molecule has 2 N–H and O–H groups in total. The van der Waals surface area contributed by atoms with E-state index in [2.05, 4.69) is 30.0 Å². The van der Waals surface area contributed by atoms with E-state index in [-0.39, 0.29) is 5.91 Å². The van der Waals surface area contributed by atoms with Gasteiger partial charge in [0.05, 0.1) is 0 Å². The van der Waals surface area contributed by atoms with E-state index < -0.39 is 0 Å². The topological polar surface area (TPSA) is 46.1 Å². The summed E-state index contributed by atoms with van der Waals surface area (Å²) >= 11 is 0. The van der Waals surface area contributed by atoms with Gasteiger partial charge in [0.15, 0.2) is 0 Å². The van der Waals surface area contributed by atoms with E-state index >= 15 is 0 Å². The molecule has 1 amide bonds. The Morgan fingerprint density at radius 1 is 1.50 bits per heavy atom. The molecule has 1 aromatic rings. The van der Waals surface area contributed by atoms with Crippen LogP contribution in [-0.4, -0.2) is 24.1 Å². The van der Waals surface area contributed by atoms with Gasteiger partial charge in [0.25, 0.3) is 0 Å². The molecular formula is C14H23N3O. The Kier molecular flexibility index (Phi) is 4.42. The van der Waals surface area contributed by atoms with Crippen molar-refractivity contribution in [2.24, 2.45) is 0 Å². The second-order valence-electron chi connectivity index (χ2n) is 4.98. The highest BCUT2D eigenvalue weighted by molar-refractivity contribution is 5.75. The van der Waals surface area contributed by atoms with Crippen LogP contribution in [0, 0.1) is 0 Å². The first-order chi connectivity index (χ1) is 8.74. The van der Waals surface area contributed by atoms with Crippen LogP contribution in [0.5, 0.6) is 0 Å². The summed E-state index contributed by atoms with van der Waals surface area (Å²) in [6.45, 7) is 3.67. The first-order valence-corrected chi connectivity index (χ1v) is 6.87. The number of carbonyl (C=O) groups excluding carboxylic acids is 1. The summed E-state index contributed by atoms with van der Waals surface area (Å²) in [5.74, 6) is 0.0559. The summed E-state index contributed by atoms with van der Waals surface area (Å²) < 4.78 is 2.01. The zero-order chi connectivity index (χ0) is 13.0. The fourth-order valence-corrected chi connectivity index (χ4v) is 2.62. The third kappa shape index (κ3) is 2.93. The molecule has 1 heterocycles. The zero-order valence-electron chi connectivity index (χ0n) is 11.3. The van der Waals surface area contributed by atoms with Crippen LogP contribution in [-0.2, 0) is 17.8 Å². The third-order valence-electron chi connectivity index (χ3n) is 3.56. The molecule has 1 atom stereocenters. The summed E-state index contributed by atoms with van der Waals surface area (Å²) in [5.41, 5.74) is 2.79. The third-order valence-corrected chi connectivity index (χ3v) is 3.56. The minimum absolute atomic E-state index is 0.0559. The molecule has 0 aromatic carbocycles. The average Bonchev–Trinajstić information content (AvgIpc) is 2.78. The molecule has 0 aliphatic heterocycles. The van der Waals surface area contributed by atoms with E-state index in [0.29, 0.717) is 12.6 Å². The molecule has 0 spiro atoms. The second kappa shape index (κ2) is 6.05. The van der Waals surface area contributed by atoms with E-state index in [0.717, 1.165) is 19.4 Å². The largest absolute Gasteiger partial charge is 0.358 e. The molecule has 1 aromatic heterocycles. The van der Waals surface area contributed by atoms with Crippen molar-refractivity contribution in [2.45, 2.75) is 45.2 Å².